The zero-order valence-electron chi connectivity index (χ0n) is 24.7. The van der Waals surface area contributed by atoms with Gasteiger partial charge in [0.25, 0.3) is 0 Å². The van der Waals surface area contributed by atoms with Crippen molar-refractivity contribution in [1.82, 2.24) is 0 Å². The van der Waals surface area contributed by atoms with Crippen LogP contribution in [0, 0.1) is 0 Å². The third kappa shape index (κ3) is 16.8. The molecule has 2 rings (SSSR count). The maximum atomic E-state index is 11.8. The largest absolute Gasteiger partial charge is 0.504 e. The maximum absolute atomic E-state index is 11.8. The number of aromatic hydroxyl groups is 2. The van der Waals surface area contributed by atoms with Gasteiger partial charge in [-0.2, -0.15) is 0 Å². The molecule has 43 heavy (non-hydrogen) atoms. The molecule has 0 atom stereocenters. The fraction of sp³-hybridized carbons (Fsp3) is 0.355. The lowest BCUT2D eigenvalue weighted by Gasteiger charge is -2.07. The standard InChI is InChI=1S/C15H18O6.C8H8O4.C8H14O2/c1-3-14(17)20-8-4-5-9-21-15(18)11-6-7-12(16)13(10-11)19-2;1-12-7-4-5(8(10)11)2-3-6(7)9;1-3-5-6-7-10-8(9)4-2/h3,6-7,10,16H,1,4-5,8-9H2,2H3;2-4,9H,1H3,(H,10,11);4H,2-3,5-7H2,1H3. The van der Waals surface area contributed by atoms with E-state index in [0.29, 0.717) is 25.0 Å². The highest BCUT2D eigenvalue weighted by atomic mass is 16.5. The van der Waals surface area contributed by atoms with Crippen LogP contribution < -0.4 is 9.47 Å². The molecular formula is C31H40O12. The Morgan fingerprint density at radius 3 is 1.53 bits per heavy atom. The van der Waals surface area contributed by atoms with Crippen molar-refractivity contribution in [3.63, 3.8) is 0 Å². The Kier molecular flexibility index (Phi) is 20.0. The number of phenols is 2. The molecule has 0 aliphatic carbocycles. The molecule has 12 heteroatoms. The van der Waals surface area contributed by atoms with Gasteiger partial charge in [-0.05, 0) is 55.7 Å². The van der Waals surface area contributed by atoms with E-state index in [9.17, 15) is 24.3 Å². The first-order valence-corrected chi connectivity index (χ1v) is 13.3. The Labute approximate surface area is 251 Å². The lowest BCUT2D eigenvalue weighted by atomic mass is 10.2. The average Bonchev–Trinajstić information content (AvgIpc) is 3.01. The van der Waals surface area contributed by atoms with Crippen LogP contribution in [0.15, 0.2) is 61.7 Å². The number of hydrogen-bond acceptors (Lipinski definition) is 11. The number of hydrogen-bond donors (Lipinski definition) is 3. The topological polar surface area (TPSA) is 175 Å². The summed E-state index contributed by atoms with van der Waals surface area (Å²) in [6.07, 6.45) is 6.66. The van der Waals surface area contributed by atoms with E-state index in [0.717, 1.165) is 25.3 Å². The van der Waals surface area contributed by atoms with Crippen LogP contribution in [0.3, 0.4) is 0 Å². The molecule has 12 nitrogen and oxygen atoms in total. The minimum atomic E-state index is -1.05. The Balaban J connectivity index is 0.000000678. The van der Waals surface area contributed by atoms with Gasteiger partial charge < -0.3 is 39.0 Å². The fourth-order valence-electron chi connectivity index (χ4n) is 2.88. The molecule has 0 amide bonds. The summed E-state index contributed by atoms with van der Waals surface area (Å²) >= 11 is 0. The Bertz CT molecular complexity index is 1190. The Morgan fingerprint density at radius 2 is 1.12 bits per heavy atom. The van der Waals surface area contributed by atoms with Crippen LogP contribution in [0.25, 0.3) is 0 Å². The van der Waals surface area contributed by atoms with Crippen LogP contribution in [0.2, 0.25) is 0 Å². The van der Waals surface area contributed by atoms with Gasteiger partial charge in [-0.1, -0.05) is 32.9 Å². The number of rotatable bonds is 15. The SMILES string of the molecule is C=CC(=O)OCCCCC.C=CC(=O)OCCCCOC(=O)c1ccc(O)c(OC)c1.COc1cc(C(=O)O)ccc1O. The summed E-state index contributed by atoms with van der Waals surface area (Å²) in [6.45, 7) is 9.67. The summed E-state index contributed by atoms with van der Waals surface area (Å²) < 4.78 is 24.2. The summed E-state index contributed by atoms with van der Waals surface area (Å²) in [6, 6.07) is 8.07. The molecule has 236 valence electrons. The van der Waals surface area contributed by atoms with E-state index in [1.807, 2.05) is 0 Å². The van der Waals surface area contributed by atoms with Crippen LogP contribution in [-0.2, 0) is 23.8 Å². The summed E-state index contributed by atoms with van der Waals surface area (Å²) in [5, 5.41) is 27.1. The number of esters is 3. The number of carboxylic acid groups (broad SMARTS) is 1. The summed E-state index contributed by atoms with van der Waals surface area (Å²) in [4.78, 5) is 43.4. The highest BCUT2D eigenvalue weighted by Gasteiger charge is 2.11. The quantitative estimate of drug-likeness (QED) is 0.107. The minimum absolute atomic E-state index is 0.0434. The van der Waals surface area contributed by atoms with Gasteiger partial charge in [0.2, 0.25) is 0 Å². The average molecular weight is 605 g/mol. The zero-order chi connectivity index (χ0) is 32.6. The third-order valence-corrected chi connectivity index (χ3v) is 5.18. The molecule has 0 aliphatic rings. The smallest absolute Gasteiger partial charge is 0.338 e. The van der Waals surface area contributed by atoms with E-state index >= 15 is 0 Å². The molecule has 0 unspecified atom stereocenters. The monoisotopic (exact) mass is 604 g/mol. The maximum Gasteiger partial charge on any atom is 0.338 e. The second-order valence-corrected chi connectivity index (χ2v) is 8.37. The zero-order valence-corrected chi connectivity index (χ0v) is 24.7. The molecule has 3 N–H and O–H groups in total. The van der Waals surface area contributed by atoms with E-state index in [4.69, 9.17) is 33.9 Å². The first-order valence-electron chi connectivity index (χ1n) is 13.3. The second-order valence-electron chi connectivity index (χ2n) is 8.37. The molecule has 0 radical (unpaired) electrons. The van der Waals surface area contributed by atoms with Gasteiger partial charge in [0.1, 0.15) is 0 Å². The lowest BCUT2D eigenvalue weighted by molar-refractivity contribution is -0.138. The molecule has 0 heterocycles. The van der Waals surface area contributed by atoms with Crippen molar-refractivity contribution in [3.05, 3.63) is 72.8 Å². The normalized spacial score (nSPS) is 9.47. The van der Waals surface area contributed by atoms with Crippen LogP contribution in [0.5, 0.6) is 23.0 Å². The Hall–Kier alpha value is -5.00. The van der Waals surface area contributed by atoms with E-state index in [1.165, 1.54) is 56.7 Å². The van der Waals surface area contributed by atoms with Crippen LogP contribution in [0.4, 0.5) is 0 Å². The predicted molar refractivity (Wildman–Crippen MR) is 158 cm³/mol. The number of unbranched alkanes of at least 4 members (excludes halogenated alkanes) is 3. The van der Waals surface area contributed by atoms with Crippen molar-refractivity contribution >= 4 is 23.9 Å². The van der Waals surface area contributed by atoms with Gasteiger partial charge in [0.15, 0.2) is 23.0 Å². The lowest BCUT2D eigenvalue weighted by Crippen LogP contribution is -2.08. The molecule has 0 saturated heterocycles. The summed E-state index contributed by atoms with van der Waals surface area (Å²) in [5.41, 5.74) is 0.382. The van der Waals surface area contributed by atoms with Crippen LogP contribution >= 0.6 is 0 Å². The second kappa shape index (κ2) is 22.7. The van der Waals surface area contributed by atoms with Crippen molar-refractivity contribution in [2.24, 2.45) is 0 Å². The molecule has 0 saturated carbocycles. The molecule has 0 aromatic heterocycles. The van der Waals surface area contributed by atoms with Gasteiger partial charge in [0.05, 0.1) is 45.2 Å². The van der Waals surface area contributed by atoms with Gasteiger partial charge in [-0.3, -0.25) is 0 Å². The predicted octanol–water partition coefficient (Wildman–Crippen LogP) is 5.07. The molecule has 0 spiro atoms. The van der Waals surface area contributed by atoms with E-state index in [1.54, 1.807) is 0 Å². The minimum Gasteiger partial charge on any atom is -0.504 e. The first-order chi connectivity index (χ1) is 20.5. The number of benzene rings is 2. The first kappa shape index (κ1) is 38.0. The van der Waals surface area contributed by atoms with E-state index in [2.05, 4.69) is 20.1 Å². The van der Waals surface area contributed by atoms with E-state index < -0.39 is 17.9 Å². The highest BCUT2D eigenvalue weighted by molar-refractivity contribution is 5.90. The number of phenolic OH excluding ortho intramolecular Hbond substituents is 2. The molecule has 0 aliphatic heterocycles. The van der Waals surface area contributed by atoms with Gasteiger partial charge in [-0.25, -0.2) is 19.2 Å². The third-order valence-electron chi connectivity index (χ3n) is 5.18. The molecule has 0 fully saturated rings. The number of carbonyl (C=O) groups excluding carboxylic acids is 3. The van der Waals surface area contributed by atoms with Gasteiger partial charge in [0, 0.05) is 12.2 Å². The number of aromatic carboxylic acids is 1. The molecule has 0 bridgehead atoms. The van der Waals surface area contributed by atoms with E-state index in [-0.39, 0.29) is 47.7 Å². The number of carbonyl (C=O) groups is 4. The van der Waals surface area contributed by atoms with Crippen molar-refractivity contribution in [3.8, 4) is 23.0 Å². The number of methoxy groups -OCH3 is 2. The molecule has 2 aromatic carbocycles. The summed E-state index contributed by atoms with van der Waals surface area (Å²) in [7, 11) is 2.76. The van der Waals surface area contributed by atoms with Crippen molar-refractivity contribution in [2.45, 2.75) is 39.0 Å². The number of ether oxygens (including phenoxy) is 5. The van der Waals surface area contributed by atoms with Crippen molar-refractivity contribution in [2.75, 3.05) is 34.0 Å². The summed E-state index contributed by atoms with van der Waals surface area (Å²) in [5.74, 6) is -2.08. The Morgan fingerprint density at radius 1 is 0.698 bits per heavy atom. The van der Waals surface area contributed by atoms with Crippen molar-refractivity contribution < 1.29 is 58.2 Å². The van der Waals surface area contributed by atoms with Gasteiger partial charge in [-0.15, -0.1) is 0 Å². The molecule has 2 aromatic rings. The van der Waals surface area contributed by atoms with Crippen LogP contribution in [-0.4, -0.2) is 73.2 Å². The fourth-order valence-corrected chi connectivity index (χ4v) is 2.88. The number of carboxylic acids is 1. The van der Waals surface area contributed by atoms with Gasteiger partial charge >= 0.3 is 23.9 Å². The highest BCUT2D eigenvalue weighted by Crippen LogP contribution is 2.27. The van der Waals surface area contributed by atoms with Crippen molar-refractivity contribution in [1.29, 1.82) is 0 Å². The molecular weight excluding hydrogens is 564 g/mol. The van der Waals surface area contributed by atoms with Crippen LogP contribution in [0.1, 0.15) is 59.7 Å².